The predicted molar refractivity (Wildman–Crippen MR) is 83.1 cm³/mol. The van der Waals surface area contributed by atoms with Crippen LogP contribution in [0.15, 0.2) is 66.7 Å². The number of hydrogen-bond acceptors (Lipinski definition) is 2. The van der Waals surface area contributed by atoms with Gasteiger partial charge in [0.1, 0.15) is 6.29 Å². The third-order valence-corrected chi connectivity index (χ3v) is 3.33. The molecule has 0 aliphatic heterocycles. The Morgan fingerprint density at radius 2 is 1.70 bits per heavy atom. The molecule has 3 aromatic carbocycles. The summed E-state index contributed by atoms with van der Waals surface area (Å²) in [6.07, 6.45) is 0.862. The molecule has 0 saturated heterocycles. The summed E-state index contributed by atoms with van der Waals surface area (Å²) in [6, 6.07) is 22.3. The Morgan fingerprint density at radius 3 is 2.55 bits per heavy atom. The van der Waals surface area contributed by atoms with E-state index < -0.39 is 0 Å². The number of hydrogen-bond donors (Lipinski definition) is 1. The molecule has 0 saturated carbocycles. The minimum absolute atomic E-state index is 0.688. The first kappa shape index (κ1) is 12.4. The molecule has 98 valence electrons. The Morgan fingerprint density at radius 1 is 0.850 bits per heavy atom. The highest BCUT2D eigenvalue weighted by molar-refractivity contribution is 5.83. The first-order valence-corrected chi connectivity index (χ1v) is 6.62. The second kappa shape index (κ2) is 5.57. The van der Waals surface area contributed by atoms with E-state index in [0.717, 1.165) is 18.5 Å². The summed E-state index contributed by atoms with van der Waals surface area (Å²) in [5, 5.41) is 5.83. The molecule has 0 radical (unpaired) electrons. The average molecular weight is 261 g/mol. The molecular weight excluding hydrogens is 246 g/mol. The normalized spacial score (nSPS) is 10.4. The zero-order valence-electron chi connectivity index (χ0n) is 11.0. The third kappa shape index (κ3) is 2.69. The van der Waals surface area contributed by atoms with Crippen molar-refractivity contribution in [2.24, 2.45) is 0 Å². The van der Waals surface area contributed by atoms with Crippen LogP contribution < -0.4 is 5.32 Å². The second-order valence-corrected chi connectivity index (χ2v) is 4.78. The van der Waals surface area contributed by atoms with Gasteiger partial charge in [0.25, 0.3) is 0 Å². The average Bonchev–Trinajstić information content (AvgIpc) is 2.53. The number of carbonyl (C=O) groups excluding carboxylic acids is 1. The van der Waals surface area contributed by atoms with E-state index in [1.54, 1.807) is 6.07 Å². The fourth-order valence-electron chi connectivity index (χ4n) is 2.27. The van der Waals surface area contributed by atoms with Gasteiger partial charge in [0.05, 0.1) is 0 Å². The van der Waals surface area contributed by atoms with Gasteiger partial charge in [0, 0.05) is 17.8 Å². The van der Waals surface area contributed by atoms with E-state index in [1.807, 2.05) is 30.3 Å². The summed E-state index contributed by atoms with van der Waals surface area (Å²) < 4.78 is 0. The van der Waals surface area contributed by atoms with E-state index in [4.69, 9.17) is 0 Å². The maximum atomic E-state index is 10.8. The topological polar surface area (TPSA) is 29.1 Å². The molecule has 0 amide bonds. The number of rotatable bonds is 4. The van der Waals surface area contributed by atoms with Gasteiger partial charge in [-0.1, -0.05) is 48.5 Å². The largest absolute Gasteiger partial charge is 0.381 e. The van der Waals surface area contributed by atoms with Crippen molar-refractivity contribution in [1.82, 2.24) is 0 Å². The molecule has 0 bridgehead atoms. The van der Waals surface area contributed by atoms with Crippen LogP contribution in [0.4, 0.5) is 5.69 Å². The minimum atomic E-state index is 0.688. The van der Waals surface area contributed by atoms with Crippen LogP contribution in [-0.4, -0.2) is 6.29 Å². The maximum absolute atomic E-state index is 10.8. The van der Waals surface area contributed by atoms with Crippen molar-refractivity contribution in [3.8, 4) is 0 Å². The molecule has 2 nitrogen and oxygen atoms in total. The predicted octanol–water partition coefficient (Wildman–Crippen LogP) is 4.26. The van der Waals surface area contributed by atoms with Gasteiger partial charge in [-0.3, -0.25) is 4.79 Å². The summed E-state index contributed by atoms with van der Waals surface area (Å²) in [5.41, 5.74) is 2.87. The molecule has 0 atom stereocenters. The van der Waals surface area contributed by atoms with Crippen LogP contribution in [0.25, 0.3) is 10.8 Å². The summed E-state index contributed by atoms with van der Waals surface area (Å²) in [4.78, 5) is 10.8. The van der Waals surface area contributed by atoms with Crippen LogP contribution in [0.5, 0.6) is 0 Å². The SMILES string of the molecule is O=Cc1cccc(NCc2ccc3ccccc3c2)c1. The number of anilines is 1. The Bertz CT molecular complexity index is 749. The Balaban J connectivity index is 1.77. The molecule has 0 spiro atoms. The molecule has 0 fully saturated rings. The highest BCUT2D eigenvalue weighted by atomic mass is 16.1. The Kier molecular flexibility index (Phi) is 3.46. The number of nitrogens with one attached hydrogen (secondary N) is 1. The molecule has 0 aromatic heterocycles. The number of carbonyl (C=O) groups is 1. The Labute approximate surface area is 118 Å². The van der Waals surface area contributed by atoms with Crippen molar-refractivity contribution in [1.29, 1.82) is 0 Å². The van der Waals surface area contributed by atoms with Crippen molar-refractivity contribution in [2.45, 2.75) is 6.54 Å². The zero-order chi connectivity index (χ0) is 13.8. The van der Waals surface area contributed by atoms with E-state index in [1.165, 1.54) is 16.3 Å². The van der Waals surface area contributed by atoms with Crippen molar-refractivity contribution in [2.75, 3.05) is 5.32 Å². The van der Waals surface area contributed by atoms with Gasteiger partial charge in [-0.2, -0.15) is 0 Å². The molecule has 20 heavy (non-hydrogen) atoms. The fraction of sp³-hybridized carbons (Fsp3) is 0.0556. The monoisotopic (exact) mass is 261 g/mol. The molecule has 0 aliphatic carbocycles. The summed E-state index contributed by atoms with van der Waals surface area (Å²) in [7, 11) is 0. The highest BCUT2D eigenvalue weighted by Crippen LogP contribution is 2.17. The minimum Gasteiger partial charge on any atom is -0.381 e. The first-order valence-electron chi connectivity index (χ1n) is 6.62. The van der Waals surface area contributed by atoms with Crippen molar-refractivity contribution < 1.29 is 4.79 Å². The smallest absolute Gasteiger partial charge is 0.150 e. The Hall–Kier alpha value is -2.61. The lowest BCUT2D eigenvalue weighted by Crippen LogP contribution is -1.99. The van der Waals surface area contributed by atoms with Crippen LogP contribution in [0.1, 0.15) is 15.9 Å². The van der Waals surface area contributed by atoms with Crippen molar-refractivity contribution >= 4 is 22.7 Å². The lowest BCUT2D eigenvalue weighted by atomic mass is 10.1. The summed E-state index contributed by atoms with van der Waals surface area (Å²) in [5.74, 6) is 0. The maximum Gasteiger partial charge on any atom is 0.150 e. The molecule has 0 unspecified atom stereocenters. The van der Waals surface area contributed by atoms with E-state index in [2.05, 4.69) is 35.6 Å². The van der Waals surface area contributed by atoms with E-state index in [-0.39, 0.29) is 0 Å². The second-order valence-electron chi connectivity index (χ2n) is 4.78. The van der Waals surface area contributed by atoms with Crippen LogP contribution >= 0.6 is 0 Å². The van der Waals surface area contributed by atoms with E-state index >= 15 is 0 Å². The van der Waals surface area contributed by atoms with Gasteiger partial charge in [-0.25, -0.2) is 0 Å². The standard InChI is InChI=1S/C18H15NO/c20-13-15-4-3-7-18(11-15)19-12-14-8-9-16-5-1-2-6-17(16)10-14/h1-11,13,19H,12H2. The van der Waals surface area contributed by atoms with Crippen LogP contribution in [0.2, 0.25) is 0 Å². The summed E-state index contributed by atoms with van der Waals surface area (Å²) >= 11 is 0. The number of aldehydes is 1. The van der Waals surface area contributed by atoms with E-state index in [0.29, 0.717) is 5.56 Å². The lowest BCUT2D eigenvalue weighted by molar-refractivity contribution is 0.112. The van der Waals surface area contributed by atoms with Gasteiger partial charge < -0.3 is 5.32 Å². The first-order chi connectivity index (χ1) is 9.85. The van der Waals surface area contributed by atoms with Gasteiger partial charge in [0.15, 0.2) is 0 Å². The molecule has 0 aliphatic rings. The van der Waals surface area contributed by atoms with Crippen molar-refractivity contribution in [3.05, 3.63) is 77.9 Å². The molecule has 0 heterocycles. The van der Waals surface area contributed by atoms with Gasteiger partial charge in [-0.05, 0) is 34.5 Å². The van der Waals surface area contributed by atoms with Crippen LogP contribution in [0, 0.1) is 0 Å². The van der Waals surface area contributed by atoms with Gasteiger partial charge >= 0.3 is 0 Å². The van der Waals surface area contributed by atoms with Crippen LogP contribution in [-0.2, 0) is 6.54 Å². The van der Waals surface area contributed by atoms with Crippen molar-refractivity contribution in [3.63, 3.8) is 0 Å². The molecule has 1 N–H and O–H groups in total. The van der Waals surface area contributed by atoms with Crippen LogP contribution in [0.3, 0.4) is 0 Å². The van der Waals surface area contributed by atoms with E-state index in [9.17, 15) is 4.79 Å². The molecule has 3 aromatic rings. The highest BCUT2D eigenvalue weighted by Gasteiger charge is 1.98. The number of benzene rings is 3. The lowest BCUT2D eigenvalue weighted by Gasteiger charge is -2.08. The molecule has 2 heteroatoms. The fourth-order valence-corrected chi connectivity index (χ4v) is 2.27. The number of fused-ring (bicyclic) bond motifs is 1. The van der Waals surface area contributed by atoms with Gasteiger partial charge in [-0.15, -0.1) is 0 Å². The molecule has 3 rings (SSSR count). The summed E-state index contributed by atoms with van der Waals surface area (Å²) in [6.45, 7) is 0.743. The quantitative estimate of drug-likeness (QED) is 0.711. The zero-order valence-corrected chi connectivity index (χ0v) is 11.0. The molecular formula is C18H15NO. The van der Waals surface area contributed by atoms with Gasteiger partial charge in [0.2, 0.25) is 0 Å². The third-order valence-electron chi connectivity index (χ3n) is 3.33.